The Morgan fingerprint density at radius 1 is 0.500 bits per heavy atom. The first-order chi connectivity index (χ1) is 14.9. The molecule has 0 saturated carbocycles. The Kier molecular flexibility index (Phi) is 9.35. The molecule has 0 saturated heterocycles. The molecular weight excluding hydrogens is 578 g/mol. The van der Waals surface area contributed by atoms with Gasteiger partial charge in [-0.1, -0.05) is 0 Å². The van der Waals surface area contributed by atoms with Crippen molar-refractivity contribution in [2.45, 2.75) is 0 Å². The van der Waals surface area contributed by atoms with E-state index >= 15 is 0 Å². The first-order valence-electron chi connectivity index (χ1n) is 9.16. The van der Waals surface area contributed by atoms with Crippen molar-refractivity contribution in [3.05, 3.63) is 126 Å². The molecule has 4 aromatic carbocycles. The van der Waals surface area contributed by atoms with Crippen LogP contribution in [0, 0.1) is 35.2 Å². The molecule has 0 fully saturated rings. The third kappa shape index (κ3) is 5.54. The first-order valence-corrected chi connectivity index (χ1v) is 13.3. The fourth-order valence-corrected chi connectivity index (χ4v) is 9.15. The molecule has 0 spiro atoms. The maximum atomic E-state index is 12.0. The van der Waals surface area contributed by atoms with Crippen LogP contribution >= 0.6 is 0 Å². The van der Waals surface area contributed by atoms with Crippen molar-refractivity contribution in [3.8, 4) is 0 Å². The second-order valence-electron chi connectivity index (χ2n) is 6.51. The maximum Gasteiger partial charge on any atom is 1.00 e. The molecule has 0 aromatic heterocycles. The van der Waals surface area contributed by atoms with Gasteiger partial charge in [-0.15, -0.1) is 6.07 Å². The minimum atomic E-state index is -2.54. The van der Waals surface area contributed by atoms with E-state index < -0.39 is 42.2 Å². The van der Waals surface area contributed by atoms with Gasteiger partial charge in [0.15, 0.2) is 0 Å². The van der Waals surface area contributed by atoms with Crippen molar-refractivity contribution in [2.24, 2.45) is 0 Å². The normalized spacial score (nSPS) is 10.5. The third-order valence-corrected chi connectivity index (χ3v) is 12.0. The van der Waals surface area contributed by atoms with Crippen LogP contribution in [-0.2, 0) is 22.4 Å². The quantitative estimate of drug-likeness (QED) is 0.109. The van der Waals surface area contributed by atoms with E-state index in [1.165, 1.54) is 13.1 Å². The van der Waals surface area contributed by atoms with E-state index in [0.717, 1.165) is 6.07 Å². The zero-order chi connectivity index (χ0) is 22.4. The molecule has 0 unspecified atom stereocenters. The van der Waals surface area contributed by atoms with Crippen LogP contribution in [0.15, 0.2) is 91.0 Å². The van der Waals surface area contributed by atoms with Crippen LogP contribution in [0.5, 0.6) is 0 Å². The zero-order valence-corrected chi connectivity index (χ0v) is 19.9. The van der Waals surface area contributed by atoms with E-state index in [4.69, 9.17) is 5.31 Å². The number of halogens is 5. The number of benzene rings is 4. The maximum absolute atomic E-state index is 12.0. The van der Waals surface area contributed by atoms with Gasteiger partial charge < -0.3 is 0 Å². The molecule has 0 N–H and O–H groups in total. The Morgan fingerprint density at radius 3 is 1.06 bits per heavy atom. The molecular formula is C25H17AgAsF5. The second kappa shape index (κ2) is 11.5. The van der Waals surface area contributed by atoms with Crippen LogP contribution in [0.25, 0.3) is 0 Å². The summed E-state index contributed by atoms with van der Waals surface area (Å²) in [5.41, 5.74) is 0. The topological polar surface area (TPSA) is 0 Å². The molecule has 4 rings (SSSR count). The van der Waals surface area contributed by atoms with E-state index in [2.05, 4.69) is 91.0 Å². The molecule has 0 radical (unpaired) electrons. The standard InChI is InChI=1S/C19H17As.C6F5.Ag/c1-20(17-11-5-2-6-12-17,18-13-7-3-8-14-18)19-15-9-4-10-16-19;7-2-1-3(8)5(10)6(11)4(2)9;/h2-16H,1H2;;/q;-1;+1. The SMILES string of the molecule is C=[As](c1ccccc1)(c1ccccc1)c1ccccc1.Fc1[c-]c(F)c(F)c(F)c1F.[Ag+]. The Hall–Kier alpha value is -2.30. The zero-order valence-electron chi connectivity index (χ0n) is 16.5. The predicted molar refractivity (Wildman–Crippen MR) is 116 cm³/mol. The average Bonchev–Trinajstić information content (AvgIpc) is 2.83. The molecule has 4 aromatic rings. The predicted octanol–water partition coefficient (Wildman–Crippen LogP) is 4.35. The van der Waals surface area contributed by atoms with E-state index in [1.807, 2.05) is 0 Å². The van der Waals surface area contributed by atoms with E-state index in [0.29, 0.717) is 0 Å². The molecule has 168 valence electrons. The summed E-state index contributed by atoms with van der Waals surface area (Å²) in [7, 11) is 0. The fourth-order valence-electron chi connectivity index (χ4n) is 2.99. The van der Waals surface area contributed by atoms with Crippen LogP contribution in [0.3, 0.4) is 0 Å². The summed E-state index contributed by atoms with van der Waals surface area (Å²) < 4.78 is 64.0. The number of hydrogen-bond acceptors (Lipinski definition) is 0. The molecule has 0 aliphatic rings. The van der Waals surface area contributed by atoms with Gasteiger partial charge in [-0.25, -0.2) is 13.2 Å². The Balaban J connectivity index is 0.000000259. The van der Waals surface area contributed by atoms with Gasteiger partial charge in [-0.3, -0.25) is 8.78 Å². The minimum Gasteiger partial charge on any atom is -0.278 e. The van der Waals surface area contributed by atoms with Gasteiger partial charge in [0.1, 0.15) is 0 Å². The van der Waals surface area contributed by atoms with Gasteiger partial charge in [0.2, 0.25) is 0 Å². The summed E-state index contributed by atoms with van der Waals surface area (Å²) in [4.78, 5) is 0. The Morgan fingerprint density at radius 2 is 0.781 bits per heavy atom. The largest absolute Gasteiger partial charge is 1.00 e. The summed E-state index contributed by atoms with van der Waals surface area (Å²) >= 11 is -2.54. The van der Waals surface area contributed by atoms with Crippen molar-refractivity contribution in [2.75, 3.05) is 0 Å². The molecule has 0 aliphatic heterocycles. The van der Waals surface area contributed by atoms with Gasteiger partial charge in [-0.2, -0.15) is 0 Å². The van der Waals surface area contributed by atoms with Crippen LogP contribution in [0.4, 0.5) is 22.0 Å². The summed E-state index contributed by atoms with van der Waals surface area (Å²) in [5, 5.41) is 4.75. The second-order valence-corrected chi connectivity index (χ2v) is 13.2. The molecule has 0 nitrogen and oxygen atoms in total. The Labute approximate surface area is 201 Å². The van der Waals surface area contributed by atoms with Gasteiger partial charge in [0, 0.05) is 0 Å². The minimum absolute atomic E-state index is 0. The van der Waals surface area contributed by atoms with E-state index in [9.17, 15) is 22.0 Å². The molecule has 0 bridgehead atoms. The molecule has 0 heterocycles. The van der Waals surface area contributed by atoms with Crippen molar-refractivity contribution in [1.29, 1.82) is 0 Å². The van der Waals surface area contributed by atoms with E-state index in [1.54, 1.807) is 0 Å². The number of rotatable bonds is 3. The molecule has 32 heavy (non-hydrogen) atoms. The van der Waals surface area contributed by atoms with Crippen molar-refractivity contribution in [3.63, 3.8) is 0 Å². The van der Waals surface area contributed by atoms with Gasteiger partial charge in [0.05, 0.1) is 29.1 Å². The van der Waals surface area contributed by atoms with Crippen molar-refractivity contribution >= 4 is 31.5 Å². The van der Waals surface area contributed by atoms with Crippen LogP contribution < -0.4 is 13.1 Å². The molecule has 0 atom stereocenters. The van der Waals surface area contributed by atoms with Crippen LogP contribution in [-0.4, -0.2) is 18.4 Å². The number of hydrogen-bond donors (Lipinski definition) is 0. The van der Waals surface area contributed by atoms with Crippen molar-refractivity contribution in [1.82, 2.24) is 0 Å². The summed E-state index contributed by atoms with van der Waals surface area (Å²) in [6.45, 7) is 0. The summed E-state index contributed by atoms with van der Waals surface area (Å²) in [5.74, 6) is -10.0. The summed E-state index contributed by atoms with van der Waals surface area (Å²) in [6, 6.07) is 33.2. The average molecular weight is 595 g/mol. The van der Waals surface area contributed by atoms with Crippen LogP contribution in [0.1, 0.15) is 0 Å². The molecule has 7 heteroatoms. The Bertz CT molecular complexity index is 1070. The first kappa shape index (κ1) is 26.0. The summed E-state index contributed by atoms with van der Waals surface area (Å²) in [6.07, 6.45) is 0. The monoisotopic (exact) mass is 594 g/mol. The third-order valence-electron chi connectivity index (χ3n) is 4.58. The molecule has 0 amide bonds. The van der Waals surface area contributed by atoms with Gasteiger partial charge >= 0.3 is 145 Å². The van der Waals surface area contributed by atoms with E-state index in [-0.39, 0.29) is 22.4 Å². The van der Waals surface area contributed by atoms with Gasteiger partial charge in [-0.05, 0) is 0 Å². The van der Waals surface area contributed by atoms with Crippen LogP contribution in [0.2, 0.25) is 0 Å². The smallest absolute Gasteiger partial charge is 0.278 e. The fraction of sp³-hybridized carbons (Fsp3) is 0. The molecule has 0 aliphatic carbocycles. The van der Waals surface area contributed by atoms with Gasteiger partial charge in [0.25, 0.3) is 0 Å². The van der Waals surface area contributed by atoms with Crippen molar-refractivity contribution < 1.29 is 44.3 Å².